The molecule has 0 aromatic heterocycles. The average Bonchev–Trinajstić information content (AvgIpc) is 3.12. The van der Waals surface area contributed by atoms with Crippen molar-refractivity contribution in [1.29, 1.82) is 0 Å². The summed E-state index contributed by atoms with van der Waals surface area (Å²) in [5, 5.41) is 4.31. The predicted molar refractivity (Wildman–Crippen MR) is 76.6 cm³/mol. The number of hydrogen-bond donors (Lipinski definition) is 1. The number of fused-ring (bicyclic) bond motifs is 2. The molecule has 3 aliphatic carbocycles. The second-order valence-electron chi connectivity index (χ2n) is 6.84. The standard InChI is InChI=1S/C15H24BrNO/c16-9-15(5-1-2-6-15)10-17-14(18)13-8-11-3-4-12(13)7-11/h11-13H,1-10H2,(H,17,18). The summed E-state index contributed by atoms with van der Waals surface area (Å²) in [6, 6.07) is 0. The highest BCUT2D eigenvalue weighted by molar-refractivity contribution is 9.09. The number of halogens is 1. The van der Waals surface area contributed by atoms with Crippen LogP contribution < -0.4 is 5.32 Å². The Labute approximate surface area is 118 Å². The largest absolute Gasteiger partial charge is 0.355 e. The Morgan fingerprint density at radius 1 is 1.22 bits per heavy atom. The average molecular weight is 314 g/mol. The van der Waals surface area contributed by atoms with Crippen molar-refractivity contribution in [2.24, 2.45) is 23.2 Å². The van der Waals surface area contributed by atoms with E-state index in [0.717, 1.165) is 24.2 Å². The first-order valence-corrected chi connectivity index (χ1v) is 8.68. The molecule has 2 nitrogen and oxygen atoms in total. The highest BCUT2D eigenvalue weighted by atomic mass is 79.9. The first kappa shape index (κ1) is 13.0. The van der Waals surface area contributed by atoms with Crippen LogP contribution >= 0.6 is 15.9 Å². The number of nitrogens with one attached hydrogen (secondary N) is 1. The van der Waals surface area contributed by atoms with Gasteiger partial charge in [-0.15, -0.1) is 0 Å². The summed E-state index contributed by atoms with van der Waals surface area (Å²) in [5.74, 6) is 2.27. The van der Waals surface area contributed by atoms with E-state index < -0.39 is 0 Å². The van der Waals surface area contributed by atoms with Gasteiger partial charge in [0.05, 0.1) is 0 Å². The topological polar surface area (TPSA) is 29.1 Å². The van der Waals surface area contributed by atoms with E-state index in [2.05, 4.69) is 21.2 Å². The Morgan fingerprint density at radius 3 is 2.56 bits per heavy atom. The fourth-order valence-corrected chi connectivity index (χ4v) is 5.21. The van der Waals surface area contributed by atoms with Crippen molar-refractivity contribution < 1.29 is 4.79 Å². The highest BCUT2D eigenvalue weighted by Crippen LogP contribution is 2.48. The van der Waals surface area contributed by atoms with Gasteiger partial charge >= 0.3 is 0 Å². The Balaban J connectivity index is 1.52. The summed E-state index contributed by atoms with van der Waals surface area (Å²) in [4.78, 5) is 12.3. The summed E-state index contributed by atoms with van der Waals surface area (Å²) >= 11 is 3.65. The van der Waals surface area contributed by atoms with Crippen LogP contribution in [0.1, 0.15) is 51.4 Å². The molecule has 1 amide bonds. The van der Waals surface area contributed by atoms with Crippen LogP contribution in [0.2, 0.25) is 0 Å². The van der Waals surface area contributed by atoms with Gasteiger partial charge in [0.2, 0.25) is 5.91 Å². The van der Waals surface area contributed by atoms with Gasteiger partial charge in [0.25, 0.3) is 0 Å². The lowest BCUT2D eigenvalue weighted by Gasteiger charge is -2.28. The molecule has 3 fully saturated rings. The fourth-order valence-electron chi connectivity index (χ4n) is 4.45. The molecule has 0 radical (unpaired) electrons. The Bertz CT molecular complexity index is 324. The molecule has 0 aromatic rings. The van der Waals surface area contributed by atoms with Crippen molar-refractivity contribution in [1.82, 2.24) is 5.32 Å². The van der Waals surface area contributed by atoms with Crippen molar-refractivity contribution in [2.75, 3.05) is 11.9 Å². The van der Waals surface area contributed by atoms with Crippen molar-refractivity contribution in [3.63, 3.8) is 0 Å². The predicted octanol–water partition coefficient (Wildman–Crippen LogP) is 3.49. The Morgan fingerprint density at radius 2 is 2.00 bits per heavy atom. The zero-order valence-corrected chi connectivity index (χ0v) is 12.7. The lowest BCUT2D eigenvalue weighted by Crippen LogP contribution is -2.41. The van der Waals surface area contributed by atoms with Gasteiger partial charge < -0.3 is 5.32 Å². The van der Waals surface area contributed by atoms with E-state index in [1.165, 1.54) is 44.9 Å². The normalized spacial score (nSPS) is 37.1. The molecule has 3 saturated carbocycles. The second kappa shape index (κ2) is 5.15. The van der Waals surface area contributed by atoms with Crippen LogP contribution in [-0.4, -0.2) is 17.8 Å². The maximum Gasteiger partial charge on any atom is 0.223 e. The Hall–Kier alpha value is -0.0500. The molecule has 18 heavy (non-hydrogen) atoms. The minimum Gasteiger partial charge on any atom is -0.355 e. The number of alkyl halides is 1. The van der Waals surface area contributed by atoms with Gasteiger partial charge in [0, 0.05) is 17.8 Å². The molecule has 0 aromatic carbocycles. The molecule has 0 saturated heterocycles. The van der Waals surface area contributed by atoms with Crippen LogP contribution in [0.15, 0.2) is 0 Å². The fraction of sp³-hybridized carbons (Fsp3) is 0.933. The van der Waals surface area contributed by atoms with Crippen LogP contribution in [0.4, 0.5) is 0 Å². The zero-order valence-electron chi connectivity index (χ0n) is 11.1. The summed E-state index contributed by atoms with van der Waals surface area (Å²) in [6.45, 7) is 0.894. The van der Waals surface area contributed by atoms with E-state index >= 15 is 0 Å². The van der Waals surface area contributed by atoms with Crippen molar-refractivity contribution in [3.05, 3.63) is 0 Å². The molecule has 3 aliphatic rings. The van der Waals surface area contributed by atoms with Crippen LogP contribution in [0.25, 0.3) is 0 Å². The van der Waals surface area contributed by atoms with E-state index in [9.17, 15) is 4.79 Å². The molecule has 0 spiro atoms. The minimum atomic E-state index is 0.345. The monoisotopic (exact) mass is 313 g/mol. The minimum absolute atomic E-state index is 0.345. The number of amides is 1. The van der Waals surface area contributed by atoms with Crippen molar-refractivity contribution >= 4 is 21.8 Å². The van der Waals surface area contributed by atoms with Gasteiger partial charge in [-0.25, -0.2) is 0 Å². The molecular formula is C15H24BrNO. The van der Waals surface area contributed by atoms with Gasteiger partial charge in [-0.3, -0.25) is 4.79 Å². The molecule has 2 bridgehead atoms. The number of hydrogen-bond acceptors (Lipinski definition) is 1. The summed E-state index contributed by atoms with van der Waals surface area (Å²) in [7, 11) is 0. The van der Waals surface area contributed by atoms with Crippen molar-refractivity contribution in [2.45, 2.75) is 51.4 Å². The SMILES string of the molecule is O=C(NCC1(CBr)CCCC1)C1CC2CCC1C2. The third-order valence-corrected chi connectivity index (χ3v) is 6.85. The van der Waals surface area contributed by atoms with Crippen LogP contribution in [0, 0.1) is 23.2 Å². The lowest BCUT2D eigenvalue weighted by atomic mass is 9.86. The Kier molecular flexibility index (Phi) is 3.70. The molecular weight excluding hydrogens is 290 g/mol. The van der Waals surface area contributed by atoms with E-state index in [1.54, 1.807) is 0 Å². The summed E-state index contributed by atoms with van der Waals surface area (Å²) in [6.07, 6.45) is 10.4. The first-order valence-electron chi connectivity index (χ1n) is 7.56. The van der Waals surface area contributed by atoms with E-state index in [-0.39, 0.29) is 0 Å². The molecule has 1 N–H and O–H groups in total. The van der Waals surface area contributed by atoms with E-state index in [4.69, 9.17) is 0 Å². The quantitative estimate of drug-likeness (QED) is 0.791. The van der Waals surface area contributed by atoms with Crippen LogP contribution in [0.3, 0.4) is 0 Å². The van der Waals surface area contributed by atoms with Gasteiger partial charge in [-0.05, 0) is 49.4 Å². The molecule has 102 valence electrons. The van der Waals surface area contributed by atoms with Crippen molar-refractivity contribution in [3.8, 4) is 0 Å². The zero-order chi connectivity index (χ0) is 12.6. The third kappa shape index (κ3) is 2.35. The molecule has 3 unspecified atom stereocenters. The maximum atomic E-state index is 12.3. The lowest BCUT2D eigenvalue weighted by molar-refractivity contribution is -0.127. The summed E-state index contributed by atoms with van der Waals surface area (Å²) < 4.78 is 0. The van der Waals surface area contributed by atoms with E-state index in [1.807, 2.05) is 0 Å². The number of rotatable bonds is 4. The molecule has 3 rings (SSSR count). The van der Waals surface area contributed by atoms with Gasteiger partial charge in [0.15, 0.2) is 0 Å². The second-order valence-corrected chi connectivity index (χ2v) is 7.40. The maximum absolute atomic E-state index is 12.3. The van der Waals surface area contributed by atoms with Crippen LogP contribution in [-0.2, 0) is 4.79 Å². The first-order chi connectivity index (χ1) is 8.72. The molecule has 0 aliphatic heterocycles. The molecule has 3 heteroatoms. The smallest absolute Gasteiger partial charge is 0.223 e. The van der Waals surface area contributed by atoms with Crippen LogP contribution in [0.5, 0.6) is 0 Å². The summed E-state index contributed by atoms with van der Waals surface area (Å²) in [5.41, 5.74) is 0.354. The van der Waals surface area contributed by atoms with Gasteiger partial charge in [-0.2, -0.15) is 0 Å². The van der Waals surface area contributed by atoms with Gasteiger partial charge in [0.1, 0.15) is 0 Å². The number of carbonyl (C=O) groups is 1. The molecule has 0 heterocycles. The van der Waals surface area contributed by atoms with Gasteiger partial charge in [-0.1, -0.05) is 35.2 Å². The highest BCUT2D eigenvalue weighted by Gasteiger charge is 2.43. The number of carbonyl (C=O) groups excluding carboxylic acids is 1. The van der Waals surface area contributed by atoms with E-state index in [0.29, 0.717) is 23.2 Å². The molecule has 3 atom stereocenters. The third-order valence-electron chi connectivity index (χ3n) is 5.66.